The van der Waals surface area contributed by atoms with Crippen molar-refractivity contribution < 1.29 is 4.74 Å². The van der Waals surface area contributed by atoms with Gasteiger partial charge in [0.05, 0.1) is 12.8 Å². The Morgan fingerprint density at radius 2 is 2.00 bits per heavy atom. The quantitative estimate of drug-likeness (QED) is 0.899. The number of anilines is 1. The molecule has 4 nitrogen and oxygen atoms in total. The summed E-state index contributed by atoms with van der Waals surface area (Å²) >= 11 is 0. The lowest BCUT2D eigenvalue weighted by atomic mass is 10.0. The normalized spacial score (nSPS) is 14.4. The molecule has 2 heterocycles. The molecule has 0 bridgehead atoms. The summed E-state index contributed by atoms with van der Waals surface area (Å²) in [6, 6.07) is 8.12. The molecule has 0 spiro atoms. The third-order valence-corrected chi connectivity index (χ3v) is 3.65. The van der Waals surface area contributed by atoms with Gasteiger partial charge < -0.3 is 10.1 Å². The van der Waals surface area contributed by atoms with Crippen molar-refractivity contribution in [3.05, 3.63) is 29.8 Å². The number of hydrogen-bond acceptors (Lipinski definition) is 3. The average molecular weight is 257 g/mol. The number of nitrogens with one attached hydrogen (secondary N) is 1. The van der Waals surface area contributed by atoms with Crippen molar-refractivity contribution in [3.8, 4) is 17.0 Å². The molecule has 1 aliphatic heterocycles. The number of nitrogens with zero attached hydrogens (tertiary/aromatic N) is 2. The highest BCUT2D eigenvalue weighted by molar-refractivity contribution is 5.70. The Morgan fingerprint density at radius 1 is 1.21 bits per heavy atom. The number of ether oxygens (including phenoxy) is 1. The summed E-state index contributed by atoms with van der Waals surface area (Å²) in [5, 5.41) is 8.15. The maximum atomic E-state index is 5.20. The van der Waals surface area contributed by atoms with Crippen molar-refractivity contribution in [1.82, 2.24) is 9.78 Å². The molecule has 0 amide bonds. The standard InChI is InChI=1S/C15H19N3O/c1-18-15-13(5-3-4-10-16-15)14(17-18)11-6-8-12(19-2)9-7-11/h6-9,16H,3-5,10H2,1-2H3. The molecule has 19 heavy (non-hydrogen) atoms. The van der Waals surface area contributed by atoms with E-state index in [1.807, 2.05) is 23.9 Å². The van der Waals surface area contributed by atoms with Crippen LogP contribution in [0.1, 0.15) is 18.4 Å². The van der Waals surface area contributed by atoms with E-state index in [0.29, 0.717) is 0 Å². The third kappa shape index (κ3) is 2.18. The Bertz CT molecular complexity index is 572. The molecule has 0 saturated heterocycles. The van der Waals surface area contributed by atoms with Crippen LogP contribution in [0.2, 0.25) is 0 Å². The van der Waals surface area contributed by atoms with Gasteiger partial charge in [-0.1, -0.05) is 0 Å². The molecule has 0 fully saturated rings. The van der Waals surface area contributed by atoms with E-state index in [0.717, 1.165) is 30.0 Å². The molecule has 0 radical (unpaired) electrons. The lowest BCUT2D eigenvalue weighted by molar-refractivity contribution is 0.415. The molecule has 1 N–H and O–H groups in total. The molecule has 1 aliphatic rings. The summed E-state index contributed by atoms with van der Waals surface area (Å²) in [7, 11) is 3.69. The van der Waals surface area contributed by atoms with E-state index in [1.165, 1.54) is 24.2 Å². The lowest BCUT2D eigenvalue weighted by Crippen LogP contribution is -2.04. The lowest BCUT2D eigenvalue weighted by Gasteiger charge is -2.04. The van der Waals surface area contributed by atoms with E-state index in [-0.39, 0.29) is 0 Å². The molecule has 0 atom stereocenters. The van der Waals surface area contributed by atoms with E-state index in [9.17, 15) is 0 Å². The average Bonchev–Trinajstić information content (AvgIpc) is 2.65. The summed E-state index contributed by atoms with van der Waals surface area (Å²) in [5.41, 5.74) is 3.58. The first-order chi connectivity index (χ1) is 9.29. The van der Waals surface area contributed by atoms with Crippen molar-refractivity contribution in [1.29, 1.82) is 0 Å². The van der Waals surface area contributed by atoms with Gasteiger partial charge in [-0.3, -0.25) is 4.68 Å². The molecular weight excluding hydrogens is 238 g/mol. The van der Waals surface area contributed by atoms with Gasteiger partial charge in [-0.2, -0.15) is 5.10 Å². The van der Waals surface area contributed by atoms with Gasteiger partial charge in [0.25, 0.3) is 0 Å². The smallest absolute Gasteiger partial charge is 0.127 e. The fraction of sp³-hybridized carbons (Fsp3) is 0.400. The van der Waals surface area contributed by atoms with Crippen molar-refractivity contribution in [2.75, 3.05) is 19.0 Å². The molecule has 0 saturated carbocycles. The highest BCUT2D eigenvalue weighted by Crippen LogP contribution is 2.32. The second-order valence-electron chi connectivity index (χ2n) is 4.91. The van der Waals surface area contributed by atoms with E-state index in [1.54, 1.807) is 7.11 Å². The monoisotopic (exact) mass is 257 g/mol. The van der Waals surface area contributed by atoms with Crippen LogP contribution in [0.3, 0.4) is 0 Å². The van der Waals surface area contributed by atoms with E-state index in [2.05, 4.69) is 22.5 Å². The van der Waals surface area contributed by atoms with E-state index >= 15 is 0 Å². The predicted molar refractivity (Wildman–Crippen MR) is 76.6 cm³/mol. The van der Waals surface area contributed by atoms with Crippen molar-refractivity contribution in [2.24, 2.45) is 7.05 Å². The second kappa shape index (κ2) is 4.96. The van der Waals surface area contributed by atoms with Crippen LogP contribution in [-0.2, 0) is 13.5 Å². The Labute approximate surface area is 113 Å². The van der Waals surface area contributed by atoms with Gasteiger partial charge in [0.15, 0.2) is 0 Å². The van der Waals surface area contributed by atoms with Crippen LogP contribution in [-0.4, -0.2) is 23.4 Å². The minimum atomic E-state index is 0.879. The number of hydrogen-bond donors (Lipinski definition) is 1. The predicted octanol–water partition coefficient (Wildman–Crippen LogP) is 2.84. The number of rotatable bonds is 2. The Morgan fingerprint density at radius 3 is 2.74 bits per heavy atom. The van der Waals surface area contributed by atoms with Crippen LogP contribution in [0.4, 0.5) is 5.82 Å². The summed E-state index contributed by atoms with van der Waals surface area (Å²) in [5.74, 6) is 2.05. The molecule has 0 aliphatic carbocycles. The third-order valence-electron chi connectivity index (χ3n) is 3.65. The summed E-state index contributed by atoms with van der Waals surface area (Å²) < 4.78 is 7.16. The highest BCUT2D eigenvalue weighted by Gasteiger charge is 2.18. The van der Waals surface area contributed by atoms with Gasteiger partial charge >= 0.3 is 0 Å². The fourth-order valence-corrected chi connectivity index (χ4v) is 2.64. The topological polar surface area (TPSA) is 39.1 Å². The second-order valence-corrected chi connectivity index (χ2v) is 4.91. The molecule has 1 aromatic heterocycles. The molecule has 0 unspecified atom stereocenters. The van der Waals surface area contributed by atoms with Gasteiger partial charge in [0.1, 0.15) is 11.6 Å². The van der Waals surface area contributed by atoms with Crippen LogP contribution < -0.4 is 10.1 Å². The van der Waals surface area contributed by atoms with Crippen LogP contribution in [0, 0.1) is 0 Å². The Kier molecular flexibility index (Phi) is 3.15. The van der Waals surface area contributed by atoms with Crippen LogP contribution in [0.15, 0.2) is 24.3 Å². The molecule has 1 aromatic carbocycles. The zero-order valence-electron chi connectivity index (χ0n) is 11.4. The summed E-state index contributed by atoms with van der Waals surface area (Å²) in [6.07, 6.45) is 3.53. The molecule has 100 valence electrons. The van der Waals surface area contributed by atoms with Crippen LogP contribution >= 0.6 is 0 Å². The van der Waals surface area contributed by atoms with Gasteiger partial charge in [-0.15, -0.1) is 0 Å². The highest BCUT2D eigenvalue weighted by atomic mass is 16.5. The van der Waals surface area contributed by atoms with Gasteiger partial charge in [0.2, 0.25) is 0 Å². The first-order valence-corrected chi connectivity index (χ1v) is 6.74. The number of aryl methyl sites for hydroxylation is 1. The van der Waals surface area contributed by atoms with Crippen molar-refractivity contribution >= 4 is 5.82 Å². The minimum absolute atomic E-state index is 0.879. The zero-order valence-corrected chi connectivity index (χ0v) is 11.4. The van der Waals surface area contributed by atoms with Crippen LogP contribution in [0.25, 0.3) is 11.3 Å². The first kappa shape index (κ1) is 12.1. The maximum Gasteiger partial charge on any atom is 0.127 e. The summed E-state index contributed by atoms with van der Waals surface area (Å²) in [6.45, 7) is 1.04. The number of aromatic nitrogens is 2. The number of methoxy groups -OCH3 is 1. The van der Waals surface area contributed by atoms with Crippen molar-refractivity contribution in [2.45, 2.75) is 19.3 Å². The minimum Gasteiger partial charge on any atom is -0.497 e. The van der Waals surface area contributed by atoms with Gasteiger partial charge in [-0.25, -0.2) is 0 Å². The molecule has 2 aromatic rings. The Hall–Kier alpha value is -1.97. The van der Waals surface area contributed by atoms with E-state index < -0.39 is 0 Å². The molecular formula is C15H19N3O. The van der Waals surface area contributed by atoms with Gasteiger partial charge in [0, 0.05) is 24.7 Å². The molecule has 4 heteroatoms. The number of benzene rings is 1. The first-order valence-electron chi connectivity index (χ1n) is 6.74. The summed E-state index contributed by atoms with van der Waals surface area (Å²) in [4.78, 5) is 0. The van der Waals surface area contributed by atoms with E-state index in [4.69, 9.17) is 4.74 Å². The fourth-order valence-electron chi connectivity index (χ4n) is 2.64. The van der Waals surface area contributed by atoms with Crippen molar-refractivity contribution in [3.63, 3.8) is 0 Å². The SMILES string of the molecule is COc1ccc(-c2nn(C)c3c2CCCCN3)cc1. The number of fused-ring (bicyclic) bond motifs is 1. The largest absolute Gasteiger partial charge is 0.497 e. The maximum absolute atomic E-state index is 5.20. The molecule has 3 rings (SSSR count). The zero-order chi connectivity index (χ0) is 13.2. The Balaban J connectivity index is 2.04. The van der Waals surface area contributed by atoms with Gasteiger partial charge in [-0.05, 0) is 43.5 Å². The van der Waals surface area contributed by atoms with Crippen LogP contribution in [0.5, 0.6) is 5.75 Å².